The second-order valence-corrected chi connectivity index (χ2v) is 10.1. The molecule has 0 radical (unpaired) electrons. The van der Waals surface area contributed by atoms with Crippen molar-refractivity contribution in [3.05, 3.63) is 65.4 Å². The van der Waals surface area contributed by atoms with Crippen LogP contribution in [-0.2, 0) is 0 Å². The molecule has 0 spiro atoms. The van der Waals surface area contributed by atoms with Gasteiger partial charge in [-0.1, -0.05) is 17.7 Å². The summed E-state index contributed by atoms with van der Waals surface area (Å²) in [7, 11) is -3.35. The lowest BCUT2D eigenvalue weighted by atomic mass is 9.97. The van der Waals surface area contributed by atoms with Crippen LogP contribution in [0.5, 0.6) is 5.75 Å². The number of carbonyl (C=O) groups excluding carboxylic acids is 1. The van der Waals surface area contributed by atoms with Gasteiger partial charge in [0.1, 0.15) is 5.75 Å². The first-order valence-corrected chi connectivity index (χ1v) is 12.6. The highest BCUT2D eigenvalue weighted by molar-refractivity contribution is 8.24. The summed E-state index contributed by atoms with van der Waals surface area (Å²) in [5.74, 6) is 0.689. The largest absolute Gasteiger partial charge is 0.492 e. The number of likely N-dealkylation sites (tertiary alicyclic amines) is 1. The molecule has 9 nitrogen and oxygen atoms in total. The fraction of sp³-hybridized carbons (Fsp3) is 0.292. The fourth-order valence-electron chi connectivity index (χ4n) is 4.56. The van der Waals surface area contributed by atoms with Gasteiger partial charge in [-0.3, -0.25) is 23.6 Å². The fourth-order valence-corrected chi connectivity index (χ4v) is 5.44. The summed E-state index contributed by atoms with van der Waals surface area (Å²) in [5, 5.41) is 0.870. The minimum atomic E-state index is -3.35. The number of carbonyl (C=O) groups is 1. The Labute approximate surface area is 199 Å². The molecule has 34 heavy (non-hydrogen) atoms. The van der Waals surface area contributed by atoms with E-state index in [4.69, 9.17) is 10.5 Å². The average Bonchev–Trinajstić information content (AvgIpc) is 2.81. The minimum absolute atomic E-state index is 0.00516. The van der Waals surface area contributed by atoms with Crippen LogP contribution in [0.3, 0.4) is 0 Å². The van der Waals surface area contributed by atoms with Crippen molar-refractivity contribution >= 4 is 39.3 Å². The Morgan fingerprint density at radius 3 is 3.00 bits per heavy atom. The zero-order valence-electron chi connectivity index (χ0n) is 18.8. The van der Waals surface area contributed by atoms with Gasteiger partial charge in [-0.15, -0.1) is 4.40 Å². The van der Waals surface area contributed by atoms with E-state index in [0.717, 1.165) is 29.3 Å². The first kappa shape index (κ1) is 22.5. The summed E-state index contributed by atoms with van der Waals surface area (Å²) in [6, 6.07) is 13.0. The van der Waals surface area contributed by atoms with E-state index < -0.39 is 11.0 Å². The van der Waals surface area contributed by atoms with Gasteiger partial charge in [-0.25, -0.2) is 0 Å². The number of hydrogen-bond donors (Lipinski definition) is 4. The molecule has 1 atom stereocenters. The Morgan fingerprint density at radius 1 is 1.29 bits per heavy atom. The number of nitrogens with one attached hydrogen (secondary N) is 1. The lowest BCUT2D eigenvalue weighted by molar-refractivity contribution is 0.0635. The number of rotatable bonds is 4. The third-order valence-electron chi connectivity index (χ3n) is 6.16. The minimum Gasteiger partial charge on any atom is -0.492 e. The van der Waals surface area contributed by atoms with E-state index in [0.29, 0.717) is 42.3 Å². The maximum Gasteiger partial charge on any atom is 0.254 e. The first-order chi connectivity index (χ1) is 16.3. The monoisotopic (exact) mass is 481 g/mol. The Morgan fingerprint density at radius 2 is 2.15 bits per heavy atom. The molecular formula is C24H27N5O4S. The number of benzene rings is 2. The molecule has 0 aliphatic carbocycles. The predicted molar refractivity (Wildman–Crippen MR) is 134 cm³/mol. The van der Waals surface area contributed by atoms with E-state index in [2.05, 4.69) is 14.1 Å². The molecule has 0 saturated carbocycles. The van der Waals surface area contributed by atoms with Crippen LogP contribution in [0.4, 0.5) is 5.69 Å². The number of aryl methyl sites for hydroxylation is 1. The SMILES string of the molecule is Cc1ccc2nccc(C(=O)N3CCC[C@H](COc4cccc5c4C(N)=NS(O)(O)N5)C3)c2c1. The smallest absolute Gasteiger partial charge is 0.254 e. The van der Waals surface area contributed by atoms with Crippen LogP contribution in [0.15, 0.2) is 53.1 Å². The molecule has 2 aliphatic rings. The van der Waals surface area contributed by atoms with Gasteiger partial charge >= 0.3 is 0 Å². The number of amides is 1. The van der Waals surface area contributed by atoms with Gasteiger partial charge < -0.3 is 15.4 Å². The molecule has 1 aromatic heterocycles. The first-order valence-electron chi connectivity index (χ1n) is 11.1. The van der Waals surface area contributed by atoms with E-state index in [1.165, 1.54) is 0 Å². The molecule has 5 rings (SSSR count). The van der Waals surface area contributed by atoms with Crippen molar-refractivity contribution in [2.24, 2.45) is 16.0 Å². The van der Waals surface area contributed by atoms with Gasteiger partial charge in [0.25, 0.3) is 5.91 Å². The zero-order chi connectivity index (χ0) is 23.9. The van der Waals surface area contributed by atoms with E-state index in [1.807, 2.05) is 30.0 Å². The summed E-state index contributed by atoms with van der Waals surface area (Å²) >= 11 is 0. The number of nitrogens with two attached hydrogens (primary N) is 1. The quantitative estimate of drug-likeness (QED) is 0.439. The van der Waals surface area contributed by atoms with Crippen molar-refractivity contribution in [2.45, 2.75) is 19.8 Å². The second kappa shape index (κ2) is 8.79. The van der Waals surface area contributed by atoms with Crippen molar-refractivity contribution < 1.29 is 18.6 Å². The number of amidine groups is 1. The average molecular weight is 482 g/mol. The molecule has 10 heteroatoms. The molecule has 5 N–H and O–H groups in total. The van der Waals surface area contributed by atoms with Gasteiger partial charge in [0, 0.05) is 30.6 Å². The number of fused-ring (bicyclic) bond motifs is 2. The lowest BCUT2D eigenvalue weighted by Gasteiger charge is -2.34. The van der Waals surface area contributed by atoms with Gasteiger partial charge in [-0.2, -0.15) is 0 Å². The lowest BCUT2D eigenvalue weighted by Crippen LogP contribution is -2.41. The second-order valence-electron chi connectivity index (χ2n) is 8.73. The Hall–Kier alpha value is -3.34. The van der Waals surface area contributed by atoms with E-state index in [1.54, 1.807) is 30.5 Å². The molecule has 2 aromatic carbocycles. The topological polar surface area (TPSA) is 133 Å². The van der Waals surface area contributed by atoms with Crippen molar-refractivity contribution in [3.63, 3.8) is 0 Å². The van der Waals surface area contributed by atoms with Crippen LogP contribution in [0.1, 0.15) is 34.3 Å². The maximum absolute atomic E-state index is 13.4. The van der Waals surface area contributed by atoms with Gasteiger partial charge in [0.15, 0.2) is 5.84 Å². The summed E-state index contributed by atoms with van der Waals surface area (Å²) < 4.78 is 32.1. The summed E-state index contributed by atoms with van der Waals surface area (Å²) in [4.78, 5) is 19.7. The zero-order valence-corrected chi connectivity index (χ0v) is 19.6. The van der Waals surface area contributed by atoms with Crippen LogP contribution in [0.2, 0.25) is 0 Å². The predicted octanol–water partition coefficient (Wildman–Crippen LogP) is 4.19. The summed E-state index contributed by atoms with van der Waals surface area (Å²) in [5.41, 5.74) is 9.53. The van der Waals surface area contributed by atoms with Crippen LogP contribution in [0, 0.1) is 12.8 Å². The van der Waals surface area contributed by atoms with Gasteiger partial charge in [-0.05, 0) is 61.1 Å². The molecule has 3 aromatic rings. The molecular weight excluding hydrogens is 454 g/mol. The Kier molecular flexibility index (Phi) is 5.80. The number of ether oxygens (including phenoxy) is 1. The number of anilines is 1. The molecule has 178 valence electrons. The van der Waals surface area contributed by atoms with Crippen molar-refractivity contribution in [1.82, 2.24) is 9.88 Å². The normalized spacial score (nSPS) is 20.1. The highest BCUT2D eigenvalue weighted by atomic mass is 32.3. The van der Waals surface area contributed by atoms with E-state index in [-0.39, 0.29) is 17.7 Å². The van der Waals surface area contributed by atoms with Crippen molar-refractivity contribution in [1.29, 1.82) is 0 Å². The van der Waals surface area contributed by atoms with Crippen LogP contribution in [-0.4, -0.2) is 50.4 Å². The number of piperidine rings is 1. The standard InChI is InChI=1S/C24H27N5O4S/c1-15-7-8-19-18(12-15)17(9-10-26-19)24(30)29-11-3-4-16(13-29)14-33-21-6-2-5-20-22(21)23(25)28-34(31,32)27-20/h2,5-10,12,16,27,31-32H,3-4,11,13-14H2,1H3,(H2,25,28)/t16-/m0/s1. The molecule has 3 heterocycles. The Bertz CT molecular complexity index is 1300. The molecule has 1 fully saturated rings. The van der Waals surface area contributed by atoms with Crippen molar-refractivity contribution in [3.8, 4) is 5.75 Å². The summed E-state index contributed by atoms with van der Waals surface area (Å²) in [6.45, 7) is 3.70. The number of pyridine rings is 1. The maximum atomic E-state index is 13.4. The number of aromatic nitrogens is 1. The van der Waals surface area contributed by atoms with Gasteiger partial charge in [0.2, 0.25) is 0 Å². The van der Waals surface area contributed by atoms with E-state index >= 15 is 0 Å². The highest BCUT2D eigenvalue weighted by Gasteiger charge is 2.28. The molecule has 2 aliphatic heterocycles. The summed E-state index contributed by atoms with van der Waals surface area (Å²) in [6.07, 6.45) is 3.52. The third-order valence-corrected chi connectivity index (χ3v) is 7.11. The van der Waals surface area contributed by atoms with Crippen LogP contribution in [0.25, 0.3) is 10.9 Å². The van der Waals surface area contributed by atoms with Gasteiger partial charge in [0.05, 0.1) is 28.9 Å². The van der Waals surface area contributed by atoms with Crippen LogP contribution < -0.4 is 15.2 Å². The molecule has 0 unspecified atom stereocenters. The Balaban J connectivity index is 1.31. The van der Waals surface area contributed by atoms with Crippen molar-refractivity contribution in [2.75, 3.05) is 24.4 Å². The molecule has 0 bridgehead atoms. The highest BCUT2D eigenvalue weighted by Crippen LogP contribution is 2.46. The number of hydrogen-bond acceptors (Lipinski definition) is 8. The number of nitrogens with zero attached hydrogens (tertiary/aromatic N) is 3. The molecule has 1 saturated heterocycles. The third kappa shape index (κ3) is 4.39. The van der Waals surface area contributed by atoms with Crippen LogP contribution >= 0.6 is 11.0 Å². The molecule has 1 amide bonds. The van der Waals surface area contributed by atoms with E-state index in [9.17, 15) is 13.9 Å².